The zero-order valence-electron chi connectivity index (χ0n) is 20.1. The smallest absolute Gasteiger partial charge is 0.338 e. The summed E-state index contributed by atoms with van der Waals surface area (Å²) in [4.78, 5) is 22.8. The average molecular weight is 459 g/mol. The summed E-state index contributed by atoms with van der Waals surface area (Å²) in [7, 11) is 1.51. The molecule has 0 aliphatic carbocycles. The van der Waals surface area contributed by atoms with Crippen LogP contribution in [0.3, 0.4) is 0 Å². The van der Waals surface area contributed by atoms with Crippen LogP contribution in [-0.2, 0) is 16.1 Å². The van der Waals surface area contributed by atoms with Crippen LogP contribution in [0.2, 0.25) is 0 Å². The molecule has 33 heavy (non-hydrogen) atoms. The van der Waals surface area contributed by atoms with Gasteiger partial charge in [0.25, 0.3) is 0 Å². The van der Waals surface area contributed by atoms with Crippen molar-refractivity contribution in [2.75, 3.05) is 19.5 Å². The Bertz CT molecular complexity index is 837. The van der Waals surface area contributed by atoms with Crippen molar-refractivity contribution in [1.29, 1.82) is 0 Å². The van der Waals surface area contributed by atoms with E-state index in [1.54, 1.807) is 49.4 Å². The van der Waals surface area contributed by atoms with Crippen molar-refractivity contribution >= 4 is 17.6 Å². The molecule has 182 valence electrons. The van der Waals surface area contributed by atoms with Gasteiger partial charge in [0.05, 0.1) is 19.3 Å². The maximum Gasteiger partial charge on any atom is 0.338 e. The van der Waals surface area contributed by atoms with Crippen molar-refractivity contribution in [3.05, 3.63) is 53.6 Å². The van der Waals surface area contributed by atoms with Crippen molar-refractivity contribution in [3.8, 4) is 11.5 Å². The van der Waals surface area contributed by atoms with Gasteiger partial charge in [0.2, 0.25) is 5.91 Å². The van der Waals surface area contributed by atoms with Crippen LogP contribution < -0.4 is 15.8 Å². The highest BCUT2D eigenvalue weighted by Gasteiger charge is 2.05. The minimum atomic E-state index is -0.308. The lowest BCUT2D eigenvalue weighted by atomic mass is 10.1. The molecule has 4 N–H and O–H groups in total. The van der Waals surface area contributed by atoms with Crippen LogP contribution >= 0.6 is 0 Å². The number of esters is 1. The second-order valence-corrected chi connectivity index (χ2v) is 7.64. The van der Waals surface area contributed by atoms with Crippen LogP contribution in [-0.4, -0.2) is 30.7 Å². The first-order valence-corrected chi connectivity index (χ1v) is 11.6. The van der Waals surface area contributed by atoms with Crippen LogP contribution in [0.1, 0.15) is 74.7 Å². The number of ether oxygens (including phenoxy) is 2. The highest BCUT2D eigenvalue weighted by Crippen LogP contribution is 2.26. The summed E-state index contributed by atoms with van der Waals surface area (Å²) >= 11 is 0. The molecule has 0 spiro atoms. The average Bonchev–Trinajstić information content (AvgIpc) is 2.81. The summed E-state index contributed by atoms with van der Waals surface area (Å²) in [5.41, 5.74) is 7.54. The minimum Gasteiger partial charge on any atom is -0.504 e. The highest BCUT2D eigenvalue weighted by atomic mass is 16.5. The number of nitrogens with two attached hydrogens (primary N) is 1. The van der Waals surface area contributed by atoms with Gasteiger partial charge in [-0.3, -0.25) is 4.79 Å². The molecule has 0 aliphatic heterocycles. The number of hydrogen-bond donors (Lipinski definition) is 3. The number of amides is 1. The second kappa shape index (κ2) is 16.4. The molecule has 0 atom stereocenters. The van der Waals surface area contributed by atoms with Crippen molar-refractivity contribution in [2.45, 2.75) is 65.3 Å². The van der Waals surface area contributed by atoms with E-state index in [2.05, 4.69) is 12.2 Å². The Morgan fingerprint density at radius 3 is 2.27 bits per heavy atom. The molecule has 0 aromatic heterocycles. The number of benzene rings is 2. The van der Waals surface area contributed by atoms with Crippen LogP contribution in [0.5, 0.6) is 11.5 Å². The van der Waals surface area contributed by atoms with Gasteiger partial charge in [0.15, 0.2) is 11.5 Å². The van der Waals surface area contributed by atoms with E-state index < -0.39 is 0 Å². The first kappa shape index (κ1) is 27.8. The molecular weight excluding hydrogens is 420 g/mol. The Balaban J connectivity index is 0.000000383. The molecule has 1 amide bonds. The molecule has 0 bridgehead atoms. The summed E-state index contributed by atoms with van der Waals surface area (Å²) in [6.07, 6.45) is 7.68. The molecule has 2 aromatic rings. The zero-order valence-corrected chi connectivity index (χ0v) is 20.1. The molecule has 7 nitrogen and oxygen atoms in total. The summed E-state index contributed by atoms with van der Waals surface area (Å²) in [6, 6.07) is 11.7. The lowest BCUT2D eigenvalue weighted by molar-refractivity contribution is -0.121. The molecule has 0 unspecified atom stereocenters. The van der Waals surface area contributed by atoms with Gasteiger partial charge in [-0.05, 0) is 55.3 Å². The van der Waals surface area contributed by atoms with Crippen molar-refractivity contribution in [3.63, 3.8) is 0 Å². The number of nitrogens with one attached hydrogen (secondary N) is 1. The predicted octanol–water partition coefficient (Wildman–Crippen LogP) is 5.21. The van der Waals surface area contributed by atoms with Gasteiger partial charge < -0.3 is 25.6 Å². The van der Waals surface area contributed by atoms with E-state index in [1.807, 2.05) is 0 Å². The van der Waals surface area contributed by atoms with Crippen LogP contribution in [0.4, 0.5) is 5.69 Å². The zero-order chi connectivity index (χ0) is 24.5. The number of anilines is 1. The number of carbonyl (C=O) groups excluding carboxylic acids is 2. The summed E-state index contributed by atoms with van der Waals surface area (Å²) < 4.78 is 9.83. The SMILES string of the molecule is CCCCCCCCC(=O)NCc1ccc(O)c(OC)c1.CCOC(=O)c1ccc(N)cc1. The Kier molecular flexibility index (Phi) is 13.8. The third-order valence-corrected chi connectivity index (χ3v) is 4.91. The number of carbonyl (C=O) groups is 2. The molecular formula is C26H38N2O5. The number of hydrogen-bond acceptors (Lipinski definition) is 6. The number of rotatable bonds is 12. The molecule has 0 saturated carbocycles. The first-order valence-electron chi connectivity index (χ1n) is 11.6. The van der Waals surface area contributed by atoms with E-state index in [0.29, 0.717) is 36.6 Å². The van der Waals surface area contributed by atoms with E-state index in [9.17, 15) is 14.7 Å². The van der Waals surface area contributed by atoms with Gasteiger partial charge in [0.1, 0.15) is 0 Å². The normalized spacial score (nSPS) is 10.0. The maximum atomic E-state index is 11.7. The minimum absolute atomic E-state index is 0.0810. The molecule has 7 heteroatoms. The standard InChI is InChI=1S/C17H27NO3.C9H11NO2/c1-3-4-5-6-7-8-9-17(20)18-13-14-10-11-15(19)16(12-14)21-2;1-2-12-9(11)7-3-5-8(10)6-4-7/h10-12,19H,3-9,13H2,1-2H3,(H,18,20);3-6H,2,10H2,1H3. The highest BCUT2D eigenvalue weighted by molar-refractivity contribution is 5.89. The van der Waals surface area contributed by atoms with E-state index >= 15 is 0 Å². The Morgan fingerprint density at radius 1 is 0.970 bits per heavy atom. The Labute approximate surface area is 197 Å². The van der Waals surface area contributed by atoms with E-state index in [0.717, 1.165) is 18.4 Å². The van der Waals surface area contributed by atoms with E-state index in [1.165, 1.54) is 32.8 Å². The molecule has 2 aromatic carbocycles. The first-order chi connectivity index (χ1) is 15.9. The van der Waals surface area contributed by atoms with Crippen LogP contribution in [0.25, 0.3) is 0 Å². The third kappa shape index (κ3) is 11.8. The topological polar surface area (TPSA) is 111 Å². The van der Waals surface area contributed by atoms with Gasteiger partial charge in [-0.1, -0.05) is 45.1 Å². The number of methoxy groups -OCH3 is 1. The fourth-order valence-electron chi connectivity index (χ4n) is 3.02. The monoisotopic (exact) mass is 458 g/mol. The van der Waals surface area contributed by atoms with Gasteiger partial charge in [-0.2, -0.15) is 0 Å². The molecule has 0 aliphatic rings. The third-order valence-electron chi connectivity index (χ3n) is 4.91. The van der Waals surface area contributed by atoms with E-state index in [4.69, 9.17) is 15.2 Å². The molecule has 0 saturated heterocycles. The Morgan fingerprint density at radius 2 is 1.64 bits per heavy atom. The number of nitrogen functional groups attached to an aromatic ring is 1. The molecule has 0 heterocycles. The summed E-state index contributed by atoms with van der Waals surface area (Å²) in [5.74, 6) is 0.312. The molecule has 2 rings (SSSR count). The second-order valence-electron chi connectivity index (χ2n) is 7.64. The maximum absolute atomic E-state index is 11.7. The van der Waals surface area contributed by atoms with Crippen LogP contribution in [0, 0.1) is 0 Å². The fourth-order valence-corrected chi connectivity index (χ4v) is 3.02. The quantitative estimate of drug-likeness (QED) is 0.229. The number of aromatic hydroxyl groups is 1. The van der Waals surface area contributed by atoms with Crippen molar-refractivity contribution in [2.24, 2.45) is 0 Å². The van der Waals surface area contributed by atoms with Gasteiger partial charge >= 0.3 is 5.97 Å². The van der Waals surface area contributed by atoms with Gasteiger partial charge in [0, 0.05) is 18.7 Å². The summed E-state index contributed by atoms with van der Waals surface area (Å²) in [6.45, 7) is 4.83. The summed E-state index contributed by atoms with van der Waals surface area (Å²) in [5, 5.41) is 12.4. The molecule has 0 radical (unpaired) electrons. The number of phenols is 1. The Hall–Kier alpha value is -3.22. The number of unbranched alkanes of at least 4 members (excludes halogenated alkanes) is 5. The van der Waals surface area contributed by atoms with Crippen LogP contribution in [0.15, 0.2) is 42.5 Å². The lowest BCUT2D eigenvalue weighted by Gasteiger charge is -2.08. The lowest BCUT2D eigenvalue weighted by Crippen LogP contribution is -2.22. The predicted molar refractivity (Wildman–Crippen MR) is 131 cm³/mol. The van der Waals surface area contributed by atoms with Gasteiger partial charge in [-0.15, -0.1) is 0 Å². The molecule has 0 fully saturated rings. The van der Waals surface area contributed by atoms with Crippen molar-refractivity contribution in [1.82, 2.24) is 5.32 Å². The van der Waals surface area contributed by atoms with Crippen molar-refractivity contribution < 1.29 is 24.2 Å². The largest absolute Gasteiger partial charge is 0.504 e. The number of phenolic OH excluding ortho intramolecular Hbond substituents is 1. The van der Waals surface area contributed by atoms with E-state index in [-0.39, 0.29) is 17.6 Å². The van der Waals surface area contributed by atoms with Gasteiger partial charge in [-0.25, -0.2) is 4.79 Å². The fraction of sp³-hybridized carbons (Fsp3) is 0.462.